The van der Waals surface area contributed by atoms with E-state index in [1.54, 1.807) is 13.0 Å². The largest absolute Gasteiger partial charge is 0.491 e. The molecule has 0 fully saturated rings. The Hall–Kier alpha value is -2.60. The third-order valence-corrected chi connectivity index (χ3v) is 4.55. The molecule has 2 N–H and O–H groups in total. The molecule has 156 valence electrons. The number of anilines is 1. The standard InChI is InChI=1S/C23H30N2O3S/c1-5-27-22(26)20-9-6-10-21(17(20)4)25-23(29)24-15-7-8-18-11-13-19(14-12-18)28-16(2)3/h6,9-14,16H,5,7-8,15H2,1-4H3,(H2,24,25,29). The van der Waals surface area contributed by atoms with Crippen LogP contribution < -0.4 is 15.4 Å². The molecule has 5 nitrogen and oxygen atoms in total. The molecule has 2 aromatic carbocycles. The molecular weight excluding hydrogens is 384 g/mol. The molecule has 0 bridgehead atoms. The minimum atomic E-state index is -0.322. The molecule has 0 aliphatic rings. The molecule has 0 heterocycles. The number of carbonyl (C=O) groups excluding carboxylic acids is 1. The molecule has 0 amide bonds. The van der Waals surface area contributed by atoms with Crippen LogP contribution in [0.5, 0.6) is 5.75 Å². The second-order valence-electron chi connectivity index (χ2n) is 6.99. The van der Waals surface area contributed by atoms with Gasteiger partial charge >= 0.3 is 5.97 Å². The highest BCUT2D eigenvalue weighted by atomic mass is 32.1. The molecule has 0 unspecified atom stereocenters. The van der Waals surface area contributed by atoms with E-state index >= 15 is 0 Å². The summed E-state index contributed by atoms with van der Waals surface area (Å²) in [5.41, 5.74) is 3.43. The zero-order valence-electron chi connectivity index (χ0n) is 17.6. The number of benzene rings is 2. The number of esters is 1. The summed E-state index contributed by atoms with van der Waals surface area (Å²) in [5.74, 6) is 0.574. The SMILES string of the molecule is CCOC(=O)c1cccc(NC(=S)NCCCc2ccc(OC(C)C)cc2)c1C. The number of hydrogen-bond acceptors (Lipinski definition) is 4. The smallest absolute Gasteiger partial charge is 0.338 e. The number of carbonyl (C=O) groups is 1. The molecule has 2 rings (SSSR count). The Bertz CT molecular complexity index is 819. The molecule has 0 aliphatic heterocycles. The van der Waals surface area contributed by atoms with E-state index in [0.717, 1.165) is 36.4 Å². The van der Waals surface area contributed by atoms with Crippen LogP contribution >= 0.6 is 12.2 Å². The molecule has 6 heteroatoms. The van der Waals surface area contributed by atoms with Crippen molar-refractivity contribution in [2.75, 3.05) is 18.5 Å². The van der Waals surface area contributed by atoms with Crippen molar-refractivity contribution in [2.24, 2.45) is 0 Å². The fourth-order valence-corrected chi connectivity index (χ4v) is 3.08. The summed E-state index contributed by atoms with van der Waals surface area (Å²) in [5, 5.41) is 6.92. The Kier molecular flexibility index (Phi) is 8.93. The minimum Gasteiger partial charge on any atom is -0.491 e. The number of rotatable bonds is 9. The van der Waals surface area contributed by atoms with Crippen molar-refractivity contribution >= 4 is 29.0 Å². The van der Waals surface area contributed by atoms with Gasteiger partial charge in [-0.15, -0.1) is 0 Å². The Morgan fingerprint density at radius 2 is 1.86 bits per heavy atom. The molecule has 0 saturated heterocycles. The normalized spacial score (nSPS) is 10.5. The highest BCUT2D eigenvalue weighted by Gasteiger charge is 2.13. The van der Waals surface area contributed by atoms with Crippen molar-refractivity contribution in [3.63, 3.8) is 0 Å². The zero-order valence-corrected chi connectivity index (χ0v) is 18.4. The molecule has 0 spiro atoms. The lowest BCUT2D eigenvalue weighted by molar-refractivity contribution is 0.0525. The minimum absolute atomic E-state index is 0.181. The maximum atomic E-state index is 12.0. The fourth-order valence-electron chi connectivity index (χ4n) is 2.87. The van der Waals surface area contributed by atoms with E-state index in [1.165, 1.54) is 5.56 Å². The van der Waals surface area contributed by atoms with Gasteiger partial charge < -0.3 is 20.1 Å². The van der Waals surface area contributed by atoms with Crippen molar-refractivity contribution in [1.29, 1.82) is 0 Å². The van der Waals surface area contributed by atoms with Crippen LogP contribution in [0.4, 0.5) is 5.69 Å². The fraction of sp³-hybridized carbons (Fsp3) is 0.391. The molecule has 0 radical (unpaired) electrons. The summed E-state index contributed by atoms with van der Waals surface area (Å²) in [7, 11) is 0. The van der Waals surface area contributed by atoms with Crippen LogP contribution in [-0.2, 0) is 11.2 Å². The summed E-state index contributed by atoms with van der Waals surface area (Å²) in [6, 6.07) is 13.7. The van der Waals surface area contributed by atoms with Crippen molar-refractivity contribution in [3.05, 3.63) is 59.2 Å². The lowest BCUT2D eigenvalue weighted by Gasteiger charge is -2.14. The molecule has 0 saturated carbocycles. The van der Waals surface area contributed by atoms with Crippen LogP contribution in [0.25, 0.3) is 0 Å². The van der Waals surface area contributed by atoms with Gasteiger partial charge in [-0.3, -0.25) is 0 Å². The first kappa shape index (κ1) is 22.7. The van der Waals surface area contributed by atoms with Gasteiger partial charge in [-0.2, -0.15) is 0 Å². The maximum absolute atomic E-state index is 12.0. The molecule has 29 heavy (non-hydrogen) atoms. The Morgan fingerprint density at radius 1 is 1.14 bits per heavy atom. The van der Waals surface area contributed by atoms with Crippen LogP contribution in [0.3, 0.4) is 0 Å². The van der Waals surface area contributed by atoms with Gasteiger partial charge in [-0.25, -0.2) is 4.79 Å². The van der Waals surface area contributed by atoms with E-state index in [-0.39, 0.29) is 12.1 Å². The number of thiocarbonyl (C=S) groups is 1. The highest BCUT2D eigenvalue weighted by Crippen LogP contribution is 2.20. The predicted octanol–water partition coefficient (Wildman–Crippen LogP) is 4.88. The van der Waals surface area contributed by atoms with Crippen LogP contribution in [-0.4, -0.2) is 30.3 Å². The third-order valence-electron chi connectivity index (χ3n) is 4.30. The number of ether oxygens (including phenoxy) is 2. The summed E-state index contributed by atoms with van der Waals surface area (Å²) >= 11 is 5.39. The van der Waals surface area contributed by atoms with Gasteiger partial charge in [0.15, 0.2) is 5.11 Å². The Balaban J connectivity index is 1.79. The predicted molar refractivity (Wildman–Crippen MR) is 122 cm³/mol. The first-order valence-electron chi connectivity index (χ1n) is 9.98. The Morgan fingerprint density at radius 3 is 2.52 bits per heavy atom. The van der Waals surface area contributed by atoms with Crippen molar-refractivity contribution < 1.29 is 14.3 Å². The van der Waals surface area contributed by atoms with Gasteiger partial charge in [0.2, 0.25) is 0 Å². The lowest BCUT2D eigenvalue weighted by Crippen LogP contribution is -2.30. The van der Waals surface area contributed by atoms with E-state index in [4.69, 9.17) is 21.7 Å². The summed E-state index contributed by atoms with van der Waals surface area (Å²) < 4.78 is 10.8. The number of hydrogen-bond donors (Lipinski definition) is 2. The maximum Gasteiger partial charge on any atom is 0.338 e. The van der Waals surface area contributed by atoms with E-state index in [0.29, 0.717) is 17.3 Å². The first-order chi connectivity index (χ1) is 13.9. The van der Waals surface area contributed by atoms with Gasteiger partial charge in [0, 0.05) is 12.2 Å². The van der Waals surface area contributed by atoms with E-state index in [2.05, 4.69) is 22.8 Å². The van der Waals surface area contributed by atoms with Crippen molar-refractivity contribution in [2.45, 2.75) is 46.6 Å². The van der Waals surface area contributed by atoms with Gasteiger partial charge in [0.25, 0.3) is 0 Å². The van der Waals surface area contributed by atoms with Crippen molar-refractivity contribution in [3.8, 4) is 5.75 Å². The van der Waals surface area contributed by atoms with Crippen LogP contribution in [0.2, 0.25) is 0 Å². The van der Waals surface area contributed by atoms with Crippen LogP contribution in [0.15, 0.2) is 42.5 Å². The zero-order chi connectivity index (χ0) is 21.2. The molecule has 0 aromatic heterocycles. The topological polar surface area (TPSA) is 59.6 Å². The molecule has 0 atom stereocenters. The average molecular weight is 415 g/mol. The monoisotopic (exact) mass is 414 g/mol. The van der Waals surface area contributed by atoms with Gasteiger partial charge in [-0.1, -0.05) is 18.2 Å². The summed E-state index contributed by atoms with van der Waals surface area (Å²) in [6.45, 7) is 8.82. The van der Waals surface area contributed by atoms with Gasteiger partial charge in [-0.05, 0) is 88.1 Å². The second kappa shape index (κ2) is 11.4. The third kappa shape index (κ3) is 7.38. The molecular formula is C23H30N2O3S. The van der Waals surface area contributed by atoms with Crippen LogP contribution in [0.1, 0.15) is 48.7 Å². The van der Waals surface area contributed by atoms with E-state index < -0.39 is 0 Å². The number of aryl methyl sites for hydroxylation is 1. The van der Waals surface area contributed by atoms with E-state index in [9.17, 15) is 4.79 Å². The Labute approximate surface area is 178 Å². The first-order valence-corrected chi connectivity index (χ1v) is 10.4. The quantitative estimate of drug-likeness (QED) is 0.347. The van der Waals surface area contributed by atoms with Gasteiger partial charge in [0.1, 0.15) is 5.75 Å². The second-order valence-corrected chi connectivity index (χ2v) is 7.40. The van der Waals surface area contributed by atoms with Gasteiger partial charge in [0.05, 0.1) is 18.3 Å². The summed E-state index contributed by atoms with van der Waals surface area (Å²) in [4.78, 5) is 12.0. The molecule has 2 aromatic rings. The lowest BCUT2D eigenvalue weighted by atomic mass is 10.1. The number of nitrogens with one attached hydrogen (secondary N) is 2. The average Bonchev–Trinajstić information content (AvgIpc) is 2.68. The molecule has 0 aliphatic carbocycles. The van der Waals surface area contributed by atoms with E-state index in [1.807, 2.05) is 45.0 Å². The highest BCUT2D eigenvalue weighted by molar-refractivity contribution is 7.80. The van der Waals surface area contributed by atoms with Crippen LogP contribution in [0, 0.1) is 6.92 Å². The van der Waals surface area contributed by atoms with Crippen molar-refractivity contribution in [1.82, 2.24) is 5.32 Å². The summed E-state index contributed by atoms with van der Waals surface area (Å²) in [6.07, 6.45) is 2.09.